The van der Waals surface area contributed by atoms with E-state index in [0.717, 1.165) is 22.5 Å². The van der Waals surface area contributed by atoms with Gasteiger partial charge in [0.1, 0.15) is 5.69 Å². The van der Waals surface area contributed by atoms with E-state index in [1.807, 2.05) is 24.4 Å². The summed E-state index contributed by atoms with van der Waals surface area (Å²) in [5.74, 6) is 0. The third kappa shape index (κ3) is 2.12. The lowest BCUT2D eigenvalue weighted by atomic mass is 9.92. The predicted molar refractivity (Wildman–Crippen MR) is 78.0 cm³/mol. The first-order chi connectivity index (χ1) is 9.05. The van der Waals surface area contributed by atoms with Gasteiger partial charge < -0.3 is 0 Å². The minimum Gasteiger partial charge on any atom is -0.281 e. The second kappa shape index (κ2) is 4.19. The third-order valence-electron chi connectivity index (χ3n) is 3.30. The maximum Gasteiger partial charge on any atom is 0.111 e. The van der Waals surface area contributed by atoms with Crippen LogP contribution < -0.4 is 0 Å². The second-order valence-electron chi connectivity index (χ2n) is 5.80. The van der Waals surface area contributed by atoms with E-state index >= 15 is 0 Å². The van der Waals surface area contributed by atoms with Crippen molar-refractivity contribution in [3.8, 4) is 11.4 Å². The topological polar surface area (TPSA) is 41.6 Å². The van der Waals surface area contributed by atoms with E-state index < -0.39 is 0 Å². The lowest BCUT2D eigenvalue weighted by molar-refractivity contribution is 0.567. The van der Waals surface area contributed by atoms with Crippen LogP contribution in [0.15, 0.2) is 42.6 Å². The monoisotopic (exact) mass is 251 g/mol. The summed E-state index contributed by atoms with van der Waals surface area (Å²) in [4.78, 5) is 4.49. The minimum atomic E-state index is 0.0653. The van der Waals surface area contributed by atoms with Crippen LogP contribution in [0.5, 0.6) is 0 Å². The molecule has 1 N–H and O–H groups in total. The van der Waals surface area contributed by atoms with Crippen LogP contribution in [0.2, 0.25) is 0 Å². The molecule has 0 radical (unpaired) electrons. The number of benzene rings is 1. The number of pyridine rings is 1. The van der Waals surface area contributed by atoms with Crippen molar-refractivity contribution in [3.05, 3.63) is 48.3 Å². The number of aromatic amines is 1. The van der Waals surface area contributed by atoms with E-state index in [9.17, 15) is 0 Å². The van der Waals surface area contributed by atoms with Crippen LogP contribution in [0, 0.1) is 0 Å². The molecule has 0 fully saturated rings. The molecule has 0 aliphatic carbocycles. The number of nitrogens with one attached hydrogen (secondary N) is 1. The van der Waals surface area contributed by atoms with Gasteiger partial charge in [-0.15, -0.1) is 0 Å². The first kappa shape index (κ1) is 11.9. The summed E-state index contributed by atoms with van der Waals surface area (Å²) in [5, 5.41) is 9.86. The smallest absolute Gasteiger partial charge is 0.111 e. The first-order valence-corrected chi connectivity index (χ1v) is 6.46. The molecule has 0 saturated heterocycles. The van der Waals surface area contributed by atoms with Crippen molar-refractivity contribution in [1.29, 1.82) is 0 Å². The molecule has 3 heteroatoms. The Bertz CT molecular complexity index is 715. The highest BCUT2D eigenvalue weighted by atomic mass is 15.1. The molecule has 3 nitrogen and oxygen atoms in total. The molecule has 0 bridgehead atoms. The van der Waals surface area contributed by atoms with Gasteiger partial charge in [-0.05, 0) is 17.5 Å². The number of hydrogen-bond donors (Lipinski definition) is 1. The Kier molecular flexibility index (Phi) is 2.63. The van der Waals surface area contributed by atoms with E-state index in [1.165, 1.54) is 5.39 Å². The van der Waals surface area contributed by atoms with Crippen molar-refractivity contribution in [2.24, 2.45) is 0 Å². The van der Waals surface area contributed by atoms with Crippen LogP contribution in [-0.4, -0.2) is 15.2 Å². The number of rotatable bonds is 1. The van der Waals surface area contributed by atoms with Gasteiger partial charge in [0.25, 0.3) is 0 Å². The van der Waals surface area contributed by atoms with Crippen LogP contribution in [0.1, 0.15) is 26.5 Å². The molecule has 3 rings (SSSR count). The summed E-state index contributed by atoms with van der Waals surface area (Å²) < 4.78 is 0. The van der Waals surface area contributed by atoms with Gasteiger partial charge in [-0.25, -0.2) is 0 Å². The molecule has 0 aliphatic rings. The zero-order valence-corrected chi connectivity index (χ0v) is 11.4. The number of hydrogen-bond acceptors (Lipinski definition) is 2. The summed E-state index contributed by atoms with van der Waals surface area (Å²) in [7, 11) is 0. The van der Waals surface area contributed by atoms with Crippen LogP contribution in [0.25, 0.3) is 22.2 Å². The molecule has 1 aromatic carbocycles. The highest BCUT2D eigenvalue weighted by Crippen LogP contribution is 2.28. The number of fused-ring (bicyclic) bond motifs is 1. The molecule has 0 atom stereocenters. The molecule has 19 heavy (non-hydrogen) atoms. The average molecular weight is 251 g/mol. The predicted octanol–water partition coefficient (Wildman–Crippen LogP) is 3.92. The zero-order valence-electron chi connectivity index (χ0n) is 11.4. The quantitative estimate of drug-likeness (QED) is 0.712. The molecular formula is C16H17N3. The van der Waals surface area contributed by atoms with E-state index in [-0.39, 0.29) is 5.41 Å². The summed E-state index contributed by atoms with van der Waals surface area (Å²) in [6, 6.07) is 12.4. The van der Waals surface area contributed by atoms with Crippen molar-refractivity contribution in [2.75, 3.05) is 0 Å². The van der Waals surface area contributed by atoms with Gasteiger partial charge in [-0.1, -0.05) is 45.0 Å². The highest BCUT2D eigenvalue weighted by molar-refractivity contribution is 5.93. The van der Waals surface area contributed by atoms with Gasteiger partial charge in [-0.2, -0.15) is 5.10 Å². The van der Waals surface area contributed by atoms with Gasteiger partial charge in [0.2, 0.25) is 0 Å². The van der Waals surface area contributed by atoms with Crippen molar-refractivity contribution in [1.82, 2.24) is 15.2 Å². The Balaban J connectivity index is 2.17. The van der Waals surface area contributed by atoms with Gasteiger partial charge in [0, 0.05) is 22.7 Å². The van der Waals surface area contributed by atoms with Crippen molar-refractivity contribution in [2.45, 2.75) is 26.2 Å². The van der Waals surface area contributed by atoms with Crippen molar-refractivity contribution >= 4 is 10.8 Å². The second-order valence-corrected chi connectivity index (χ2v) is 5.80. The molecule has 2 heterocycles. The number of nitrogens with zero attached hydrogens (tertiary/aromatic N) is 2. The van der Waals surface area contributed by atoms with Crippen molar-refractivity contribution < 1.29 is 0 Å². The van der Waals surface area contributed by atoms with E-state index in [0.29, 0.717) is 0 Å². The molecule has 0 unspecified atom stereocenters. The molecule has 3 aromatic rings. The fourth-order valence-electron chi connectivity index (χ4n) is 2.15. The first-order valence-electron chi connectivity index (χ1n) is 6.46. The Morgan fingerprint density at radius 3 is 2.58 bits per heavy atom. The normalized spacial score (nSPS) is 11.9. The zero-order chi connectivity index (χ0) is 13.5. The molecule has 0 aliphatic heterocycles. The lowest BCUT2D eigenvalue weighted by Gasteiger charge is -2.14. The average Bonchev–Trinajstić information content (AvgIpc) is 2.87. The standard InChI is InChI=1S/C16H17N3/c1-16(2,3)14-10-13(18-19-14)15-12-7-5-4-6-11(12)8-9-17-15/h4-10H,1-3H3,(H,18,19). The van der Waals surface area contributed by atoms with Crippen LogP contribution >= 0.6 is 0 Å². The van der Waals surface area contributed by atoms with E-state index in [2.05, 4.69) is 54.2 Å². The van der Waals surface area contributed by atoms with Crippen LogP contribution in [0.4, 0.5) is 0 Å². The van der Waals surface area contributed by atoms with Crippen LogP contribution in [-0.2, 0) is 5.41 Å². The molecule has 0 amide bonds. The Labute approximate surface area is 112 Å². The Morgan fingerprint density at radius 1 is 1.05 bits per heavy atom. The largest absolute Gasteiger partial charge is 0.281 e. The molecule has 2 aromatic heterocycles. The Hall–Kier alpha value is -2.16. The van der Waals surface area contributed by atoms with Gasteiger partial charge in [0.05, 0.1) is 5.69 Å². The number of H-pyrrole nitrogens is 1. The summed E-state index contributed by atoms with van der Waals surface area (Å²) in [6.45, 7) is 6.50. The van der Waals surface area contributed by atoms with Gasteiger partial charge >= 0.3 is 0 Å². The lowest BCUT2D eigenvalue weighted by Crippen LogP contribution is -2.11. The van der Waals surface area contributed by atoms with Gasteiger partial charge in [0.15, 0.2) is 0 Å². The fraction of sp³-hybridized carbons (Fsp3) is 0.250. The van der Waals surface area contributed by atoms with E-state index in [4.69, 9.17) is 0 Å². The third-order valence-corrected chi connectivity index (χ3v) is 3.30. The maximum atomic E-state index is 4.49. The molecular weight excluding hydrogens is 234 g/mol. The summed E-state index contributed by atoms with van der Waals surface area (Å²) in [5.41, 5.74) is 3.03. The summed E-state index contributed by atoms with van der Waals surface area (Å²) >= 11 is 0. The molecule has 0 saturated carbocycles. The SMILES string of the molecule is CC(C)(C)c1cc(-c2nccc3ccccc23)n[nH]1. The Morgan fingerprint density at radius 2 is 1.84 bits per heavy atom. The van der Waals surface area contributed by atoms with E-state index in [1.54, 1.807) is 0 Å². The summed E-state index contributed by atoms with van der Waals surface area (Å²) in [6.07, 6.45) is 1.84. The van der Waals surface area contributed by atoms with Crippen LogP contribution in [0.3, 0.4) is 0 Å². The highest BCUT2D eigenvalue weighted by Gasteiger charge is 2.18. The maximum absolute atomic E-state index is 4.49. The minimum absolute atomic E-state index is 0.0653. The fourth-order valence-corrected chi connectivity index (χ4v) is 2.15. The number of aromatic nitrogens is 3. The molecule has 0 spiro atoms. The van der Waals surface area contributed by atoms with Crippen molar-refractivity contribution in [3.63, 3.8) is 0 Å². The molecule has 96 valence electrons. The van der Waals surface area contributed by atoms with Gasteiger partial charge in [-0.3, -0.25) is 10.1 Å².